The number of ether oxygens (including phenoxy) is 4. The maximum Gasteiger partial charge on any atom is 0.338 e. The molecule has 0 radical (unpaired) electrons. The van der Waals surface area contributed by atoms with Crippen LogP contribution in [0.4, 0.5) is 0 Å². The van der Waals surface area contributed by atoms with Crippen molar-refractivity contribution in [2.45, 2.75) is 30.7 Å². The lowest BCUT2D eigenvalue weighted by molar-refractivity contribution is -0.284. The highest BCUT2D eigenvalue weighted by Crippen LogP contribution is 2.29. The van der Waals surface area contributed by atoms with Crippen LogP contribution >= 0.6 is 0 Å². The second kappa shape index (κ2) is 11.6. The SMILES string of the molecule is O=C(O[C@@H]1[C@@H](OC(=O)c2ccccc2)[C@@H](O)O[C@H](CO)[C@H]1OC(=O)c1ccccc1)c1ccccc1. The molecule has 0 aliphatic carbocycles. The normalized spacial score (nSPS) is 23.3. The number of hydrogen-bond acceptors (Lipinski definition) is 9. The van der Waals surface area contributed by atoms with Crippen LogP contribution in [0.15, 0.2) is 91.0 Å². The highest BCUT2D eigenvalue weighted by atomic mass is 16.7. The lowest BCUT2D eigenvalue weighted by Crippen LogP contribution is -2.62. The van der Waals surface area contributed by atoms with Crippen molar-refractivity contribution in [3.8, 4) is 0 Å². The van der Waals surface area contributed by atoms with E-state index in [1.54, 1.807) is 54.6 Å². The maximum atomic E-state index is 12.9. The van der Waals surface area contributed by atoms with Gasteiger partial charge in [-0.3, -0.25) is 0 Å². The molecule has 0 spiro atoms. The van der Waals surface area contributed by atoms with Crippen LogP contribution in [0.3, 0.4) is 0 Å². The molecule has 1 fully saturated rings. The first kappa shape index (κ1) is 25.1. The van der Waals surface area contributed by atoms with Gasteiger partial charge in [0.25, 0.3) is 0 Å². The molecule has 9 nitrogen and oxygen atoms in total. The van der Waals surface area contributed by atoms with Gasteiger partial charge in [-0.05, 0) is 36.4 Å². The predicted octanol–water partition coefficient (Wildman–Crippen LogP) is 2.37. The second-order valence-corrected chi connectivity index (χ2v) is 7.96. The van der Waals surface area contributed by atoms with E-state index >= 15 is 0 Å². The fraction of sp³-hybridized carbons (Fsp3) is 0.222. The van der Waals surface area contributed by atoms with E-state index < -0.39 is 55.2 Å². The van der Waals surface area contributed by atoms with E-state index in [-0.39, 0.29) is 16.7 Å². The topological polar surface area (TPSA) is 129 Å². The molecule has 1 aliphatic heterocycles. The number of benzene rings is 3. The number of carbonyl (C=O) groups excluding carboxylic acids is 3. The van der Waals surface area contributed by atoms with Crippen molar-refractivity contribution in [3.63, 3.8) is 0 Å². The van der Waals surface area contributed by atoms with E-state index in [0.29, 0.717) is 0 Å². The molecule has 1 aliphatic rings. The van der Waals surface area contributed by atoms with Crippen LogP contribution in [-0.2, 0) is 18.9 Å². The van der Waals surface area contributed by atoms with Crippen LogP contribution in [0, 0.1) is 0 Å². The molecule has 0 bridgehead atoms. The first-order valence-electron chi connectivity index (χ1n) is 11.2. The van der Waals surface area contributed by atoms with Gasteiger partial charge >= 0.3 is 17.9 Å². The van der Waals surface area contributed by atoms with Crippen molar-refractivity contribution in [1.29, 1.82) is 0 Å². The number of aliphatic hydroxyl groups is 2. The van der Waals surface area contributed by atoms with Gasteiger partial charge in [-0.15, -0.1) is 0 Å². The smallest absolute Gasteiger partial charge is 0.338 e. The fourth-order valence-corrected chi connectivity index (χ4v) is 3.74. The molecule has 186 valence electrons. The Hall–Kier alpha value is -4.05. The van der Waals surface area contributed by atoms with E-state index in [2.05, 4.69) is 0 Å². The van der Waals surface area contributed by atoms with Crippen molar-refractivity contribution in [2.75, 3.05) is 6.61 Å². The molecule has 0 unspecified atom stereocenters. The molecule has 9 heteroatoms. The van der Waals surface area contributed by atoms with Crippen molar-refractivity contribution in [1.82, 2.24) is 0 Å². The van der Waals surface area contributed by atoms with E-state index in [4.69, 9.17) is 18.9 Å². The Morgan fingerprint density at radius 3 is 1.36 bits per heavy atom. The predicted molar refractivity (Wildman–Crippen MR) is 125 cm³/mol. The summed E-state index contributed by atoms with van der Waals surface area (Å²) in [6.45, 7) is -0.678. The monoisotopic (exact) mass is 492 g/mol. The molecular formula is C27H24O9. The highest BCUT2D eigenvalue weighted by molar-refractivity contribution is 5.91. The van der Waals surface area contributed by atoms with Crippen molar-refractivity contribution >= 4 is 17.9 Å². The Kier molecular flexibility index (Phi) is 8.06. The Labute approximate surface area is 206 Å². The van der Waals surface area contributed by atoms with E-state index in [1.165, 1.54) is 36.4 Å². The summed E-state index contributed by atoms with van der Waals surface area (Å²) >= 11 is 0. The fourth-order valence-electron chi connectivity index (χ4n) is 3.74. The number of hydrogen-bond donors (Lipinski definition) is 2. The summed E-state index contributed by atoms with van der Waals surface area (Å²) in [6, 6.07) is 24.0. The van der Waals surface area contributed by atoms with Crippen molar-refractivity contribution < 1.29 is 43.5 Å². The van der Waals surface area contributed by atoms with Gasteiger partial charge in [0.2, 0.25) is 0 Å². The Morgan fingerprint density at radius 2 is 0.972 bits per heavy atom. The molecule has 3 aromatic carbocycles. The van der Waals surface area contributed by atoms with E-state index in [0.717, 1.165) is 0 Å². The van der Waals surface area contributed by atoms with Gasteiger partial charge in [0.05, 0.1) is 23.3 Å². The summed E-state index contributed by atoms with van der Waals surface area (Å²) in [6.07, 6.45) is -7.53. The third-order valence-electron chi connectivity index (χ3n) is 5.55. The Balaban J connectivity index is 1.66. The van der Waals surface area contributed by atoms with Crippen LogP contribution < -0.4 is 0 Å². The van der Waals surface area contributed by atoms with Gasteiger partial charge in [-0.25, -0.2) is 14.4 Å². The lowest BCUT2D eigenvalue weighted by atomic mass is 9.98. The van der Waals surface area contributed by atoms with Crippen LogP contribution in [0.1, 0.15) is 31.1 Å². The van der Waals surface area contributed by atoms with E-state index in [1.807, 2.05) is 0 Å². The zero-order valence-electron chi connectivity index (χ0n) is 19.0. The summed E-state index contributed by atoms with van der Waals surface area (Å²) in [7, 11) is 0. The van der Waals surface area contributed by atoms with Gasteiger partial charge in [-0.2, -0.15) is 0 Å². The quantitative estimate of drug-likeness (QED) is 0.377. The molecule has 0 amide bonds. The minimum atomic E-state index is -1.78. The van der Waals surface area contributed by atoms with Crippen LogP contribution in [0.25, 0.3) is 0 Å². The van der Waals surface area contributed by atoms with Crippen LogP contribution in [0.2, 0.25) is 0 Å². The molecular weight excluding hydrogens is 468 g/mol. The molecule has 3 aromatic rings. The molecule has 0 saturated carbocycles. The first-order chi connectivity index (χ1) is 17.5. The minimum Gasteiger partial charge on any atom is -0.452 e. The summed E-state index contributed by atoms with van der Waals surface area (Å²) < 4.78 is 22.1. The zero-order valence-corrected chi connectivity index (χ0v) is 19.0. The number of carbonyl (C=O) groups is 3. The zero-order chi connectivity index (χ0) is 25.5. The van der Waals surface area contributed by atoms with Gasteiger partial charge in [0.1, 0.15) is 6.10 Å². The largest absolute Gasteiger partial charge is 0.452 e. The summed E-state index contributed by atoms with van der Waals surface area (Å²) in [4.78, 5) is 38.5. The average Bonchev–Trinajstić information content (AvgIpc) is 2.93. The number of aliphatic hydroxyl groups excluding tert-OH is 2. The van der Waals surface area contributed by atoms with Gasteiger partial charge in [0.15, 0.2) is 24.6 Å². The van der Waals surface area contributed by atoms with Crippen LogP contribution in [0.5, 0.6) is 0 Å². The van der Waals surface area contributed by atoms with E-state index in [9.17, 15) is 24.6 Å². The van der Waals surface area contributed by atoms with Gasteiger partial charge in [-0.1, -0.05) is 54.6 Å². The molecule has 5 atom stereocenters. The summed E-state index contributed by atoms with van der Waals surface area (Å²) in [5.74, 6) is -2.42. The summed E-state index contributed by atoms with van der Waals surface area (Å²) in [5, 5.41) is 20.5. The second-order valence-electron chi connectivity index (χ2n) is 7.96. The first-order valence-corrected chi connectivity index (χ1v) is 11.2. The minimum absolute atomic E-state index is 0.181. The van der Waals surface area contributed by atoms with Gasteiger partial charge < -0.3 is 29.2 Å². The Morgan fingerprint density at radius 1 is 0.611 bits per heavy atom. The number of rotatable bonds is 7. The third-order valence-corrected chi connectivity index (χ3v) is 5.55. The maximum absolute atomic E-state index is 12.9. The molecule has 4 rings (SSSR count). The van der Waals surface area contributed by atoms with Crippen LogP contribution in [-0.4, -0.2) is 65.4 Å². The lowest BCUT2D eigenvalue weighted by Gasteiger charge is -2.42. The van der Waals surface area contributed by atoms with Crippen molar-refractivity contribution in [2.24, 2.45) is 0 Å². The third kappa shape index (κ3) is 5.77. The number of esters is 3. The molecule has 2 N–H and O–H groups in total. The Bertz CT molecular complexity index is 1170. The standard InChI is InChI=1S/C27H24O9/c28-16-20-21(34-24(29)17-10-4-1-5-11-17)22(35-25(30)18-12-6-2-7-13-18)23(27(32)33-20)36-26(31)19-14-8-3-9-15-19/h1-15,20-23,27-28,32H,16H2/t20-,21-,22+,23-,27+/m1/s1. The molecule has 1 heterocycles. The average molecular weight is 492 g/mol. The molecule has 1 saturated heterocycles. The molecule has 36 heavy (non-hydrogen) atoms. The molecule has 0 aromatic heterocycles. The highest BCUT2D eigenvalue weighted by Gasteiger charge is 2.52. The summed E-state index contributed by atoms with van der Waals surface area (Å²) in [5.41, 5.74) is 0.562. The van der Waals surface area contributed by atoms with Gasteiger partial charge in [0, 0.05) is 0 Å². The van der Waals surface area contributed by atoms with Crippen molar-refractivity contribution in [3.05, 3.63) is 108 Å².